The predicted octanol–water partition coefficient (Wildman–Crippen LogP) is 1.12. The second-order valence-electron chi connectivity index (χ2n) is 5.29. The van der Waals surface area contributed by atoms with E-state index < -0.39 is 0 Å². The first-order chi connectivity index (χ1) is 9.70. The maximum atomic E-state index is 11.9. The van der Waals surface area contributed by atoms with Crippen LogP contribution in [0.2, 0.25) is 0 Å². The average molecular weight is 317 g/mol. The summed E-state index contributed by atoms with van der Waals surface area (Å²) in [6.45, 7) is 4.37. The molecule has 2 rings (SSSR count). The lowest BCUT2D eigenvalue weighted by molar-refractivity contribution is 0.0935. The average Bonchev–Trinajstić information content (AvgIpc) is 2.97. The van der Waals surface area contributed by atoms with Crippen molar-refractivity contribution in [3.8, 4) is 0 Å². The van der Waals surface area contributed by atoms with Gasteiger partial charge < -0.3 is 15.7 Å². The summed E-state index contributed by atoms with van der Waals surface area (Å²) in [5, 5.41) is 19.9. The number of rotatable bonds is 6. The monoisotopic (exact) mass is 316 g/mol. The van der Waals surface area contributed by atoms with Gasteiger partial charge >= 0.3 is 0 Å². The predicted molar refractivity (Wildman–Crippen MR) is 83.9 cm³/mol. The Morgan fingerprint density at radius 2 is 2.48 bits per heavy atom. The number of nitrogens with zero attached hydrogens (tertiary/aromatic N) is 2. The fraction of sp³-hybridized carbons (Fsp3) is 0.714. The highest BCUT2D eigenvalue weighted by molar-refractivity contribution is 5.92. The number of piperidine rings is 1. The van der Waals surface area contributed by atoms with Gasteiger partial charge in [-0.3, -0.25) is 9.48 Å². The molecule has 2 unspecified atom stereocenters. The Kier molecular flexibility index (Phi) is 7.71. The third-order valence-electron chi connectivity index (χ3n) is 3.72. The Hall–Kier alpha value is -1.11. The Balaban J connectivity index is 0.00000220. The second kappa shape index (κ2) is 9.02. The number of nitrogens with one attached hydrogen (secondary N) is 2. The summed E-state index contributed by atoms with van der Waals surface area (Å²) in [5.41, 5.74) is 0.446. The van der Waals surface area contributed by atoms with Gasteiger partial charge in [0.2, 0.25) is 0 Å². The lowest BCUT2D eigenvalue weighted by atomic mass is 10.1. The van der Waals surface area contributed by atoms with Crippen LogP contribution in [0.5, 0.6) is 0 Å². The van der Waals surface area contributed by atoms with Crippen molar-refractivity contribution in [1.29, 1.82) is 0 Å². The zero-order chi connectivity index (χ0) is 14.4. The fourth-order valence-corrected chi connectivity index (χ4v) is 2.37. The molecule has 7 heteroatoms. The van der Waals surface area contributed by atoms with Gasteiger partial charge in [-0.25, -0.2) is 0 Å². The highest BCUT2D eigenvalue weighted by Gasteiger charge is 2.17. The van der Waals surface area contributed by atoms with Crippen LogP contribution in [-0.2, 0) is 0 Å². The van der Waals surface area contributed by atoms with Gasteiger partial charge in [0.25, 0.3) is 5.91 Å². The smallest absolute Gasteiger partial charge is 0.271 e. The molecular formula is C14H25ClN4O2. The summed E-state index contributed by atoms with van der Waals surface area (Å²) in [6.07, 6.45) is 5.04. The first-order valence-corrected chi connectivity index (χ1v) is 7.43. The molecule has 1 amide bonds. The van der Waals surface area contributed by atoms with Gasteiger partial charge in [0.15, 0.2) is 0 Å². The van der Waals surface area contributed by atoms with Crippen molar-refractivity contribution in [2.75, 3.05) is 19.6 Å². The standard InChI is InChI=1S/C14H24N4O2.ClH/c1-2-12(19)5-8-16-14(20)13-6-9-18(17-13)11-4-3-7-15-10-11;/h6,9,11-12,15,19H,2-5,7-8,10H2,1H3,(H,16,20);1H. The molecule has 1 saturated heterocycles. The van der Waals surface area contributed by atoms with E-state index in [1.807, 2.05) is 17.8 Å². The number of aromatic nitrogens is 2. The number of hydrogen-bond donors (Lipinski definition) is 3. The molecule has 21 heavy (non-hydrogen) atoms. The molecule has 0 spiro atoms. The van der Waals surface area contributed by atoms with E-state index in [0.29, 0.717) is 31.1 Å². The Morgan fingerprint density at radius 3 is 3.14 bits per heavy atom. The Bertz CT molecular complexity index is 432. The van der Waals surface area contributed by atoms with Gasteiger partial charge in [-0.2, -0.15) is 5.10 Å². The molecule has 0 aromatic carbocycles. The molecule has 0 saturated carbocycles. The number of amides is 1. The van der Waals surface area contributed by atoms with Gasteiger partial charge in [0.1, 0.15) is 5.69 Å². The van der Waals surface area contributed by atoms with Gasteiger partial charge in [0, 0.05) is 19.3 Å². The van der Waals surface area contributed by atoms with Crippen LogP contribution in [-0.4, -0.2) is 46.5 Å². The minimum atomic E-state index is -0.346. The van der Waals surface area contributed by atoms with Crippen molar-refractivity contribution < 1.29 is 9.90 Å². The molecule has 0 bridgehead atoms. The molecule has 1 fully saturated rings. The van der Waals surface area contributed by atoms with E-state index in [1.165, 1.54) is 0 Å². The third kappa shape index (κ3) is 5.30. The van der Waals surface area contributed by atoms with Crippen LogP contribution in [0.15, 0.2) is 12.3 Å². The van der Waals surface area contributed by atoms with Crippen LogP contribution in [0.25, 0.3) is 0 Å². The maximum Gasteiger partial charge on any atom is 0.271 e. The molecule has 0 radical (unpaired) electrons. The van der Waals surface area contributed by atoms with E-state index >= 15 is 0 Å². The largest absolute Gasteiger partial charge is 0.393 e. The Labute approximate surface area is 131 Å². The fourth-order valence-electron chi connectivity index (χ4n) is 2.37. The van der Waals surface area contributed by atoms with E-state index in [9.17, 15) is 9.90 Å². The third-order valence-corrected chi connectivity index (χ3v) is 3.72. The van der Waals surface area contributed by atoms with Crippen LogP contribution >= 0.6 is 12.4 Å². The van der Waals surface area contributed by atoms with E-state index in [-0.39, 0.29) is 24.4 Å². The molecule has 1 aliphatic heterocycles. The van der Waals surface area contributed by atoms with Crippen molar-refractivity contribution in [1.82, 2.24) is 20.4 Å². The Morgan fingerprint density at radius 1 is 1.67 bits per heavy atom. The van der Waals surface area contributed by atoms with E-state index in [0.717, 1.165) is 25.9 Å². The van der Waals surface area contributed by atoms with Crippen LogP contribution in [0, 0.1) is 0 Å². The summed E-state index contributed by atoms with van der Waals surface area (Å²) < 4.78 is 1.88. The number of halogens is 1. The topological polar surface area (TPSA) is 79.2 Å². The molecular weight excluding hydrogens is 292 g/mol. The maximum absolute atomic E-state index is 11.9. The SMILES string of the molecule is CCC(O)CCNC(=O)c1ccn(C2CCCNC2)n1.Cl. The molecule has 0 aliphatic carbocycles. The zero-order valence-electron chi connectivity index (χ0n) is 12.4. The molecule has 120 valence electrons. The molecule has 1 aromatic rings. The van der Waals surface area contributed by atoms with E-state index in [2.05, 4.69) is 15.7 Å². The lowest BCUT2D eigenvalue weighted by Gasteiger charge is -2.22. The minimum absolute atomic E-state index is 0. The van der Waals surface area contributed by atoms with Gasteiger partial charge in [-0.1, -0.05) is 6.92 Å². The van der Waals surface area contributed by atoms with Crippen molar-refractivity contribution in [3.05, 3.63) is 18.0 Å². The summed E-state index contributed by atoms with van der Waals surface area (Å²) in [5.74, 6) is -0.171. The molecule has 1 aromatic heterocycles. The molecule has 2 atom stereocenters. The van der Waals surface area contributed by atoms with E-state index in [1.54, 1.807) is 6.07 Å². The molecule has 2 heterocycles. The number of carbonyl (C=O) groups excluding carboxylic acids is 1. The number of hydrogen-bond acceptors (Lipinski definition) is 4. The quantitative estimate of drug-likeness (QED) is 0.735. The van der Waals surface area contributed by atoms with Gasteiger partial charge in [-0.15, -0.1) is 12.4 Å². The second-order valence-corrected chi connectivity index (χ2v) is 5.29. The van der Waals surface area contributed by atoms with Crippen LogP contribution in [0.4, 0.5) is 0 Å². The summed E-state index contributed by atoms with van der Waals surface area (Å²) in [6, 6.07) is 2.09. The highest BCUT2D eigenvalue weighted by atomic mass is 35.5. The van der Waals surface area contributed by atoms with Crippen LogP contribution in [0.3, 0.4) is 0 Å². The summed E-state index contributed by atoms with van der Waals surface area (Å²) in [7, 11) is 0. The van der Waals surface area contributed by atoms with Gasteiger partial charge in [-0.05, 0) is 38.3 Å². The van der Waals surface area contributed by atoms with Crippen molar-refractivity contribution in [2.24, 2.45) is 0 Å². The van der Waals surface area contributed by atoms with Crippen LogP contribution < -0.4 is 10.6 Å². The molecule has 6 nitrogen and oxygen atoms in total. The van der Waals surface area contributed by atoms with Crippen molar-refractivity contribution >= 4 is 18.3 Å². The number of aliphatic hydroxyl groups excluding tert-OH is 1. The van der Waals surface area contributed by atoms with Crippen molar-refractivity contribution in [2.45, 2.75) is 44.8 Å². The normalized spacial score (nSPS) is 19.6. The van der Waals surface area contributed by atoms with Gasteiger partial charge in [0.05, 0.1) is 12.1 Å². The number of aliphatic hydroxyl groups is 1. The summed E-state index contributed by atoms with van der Waals surface area (Å²) >= 11 is 0. The minimum Gasteiger partial charge on any atom is -0.393 e. The first-order valence-electron chi connectivity index (χ1n) is 7.43. The summed E-state index contributed by atoms with van der Waals surface area (Å²) in [4.78, 5) is 11.9. The molecule has 1 aliphatic rings. The molecule has 3 N–H and O–H groups in total. The van der Waals surface area contributed by atoms with Crippen molar-refractivity contribution in [3.63, 3.8) is 0 Å². The first kappa shape index (κ1) is 17.9. The highest BCUT2D eigenvalue weighted by Crippen LogP contribution is 2.15. The van der Waals surface area contributed by atoms with Crippen LogP contribution in [0.1, 0.15) is 49.1 Å². The number of carbonyl (C=O) groups is 1. The van der Waals surface area contributed by atoms with E-state index in [4.69, 9.17) is 0 Å². The lowest BCUT2D eigenvalue weighted by Crippen LogP contribution is -2.32. The zero-order valence-corrected chi connectivity index (χ0v) is 13.2.